The number of hydrogen-bond acceptors (Lipinski definition) is 5. The second kappa shape index (κ2) is 9.69. The van der Waals surface area contributed by atoms with Gasteiger partial charge in [-0.05, 0) is 55.8 Å². The van der Waals surface area contributed by atoms with Crippen LogP contribution in [-0.2, 0) is 14.8 Å². The van der Waals surface area contributed by atoms with Gasteiger partial charge in [-0.1, -0.05) is 18.2 Å². The van der Waals surface area contributed by atoms with E-state index in [0.717, 1.165) is 5.57 Å². The molecule has 2 aromatic rings. The first-order valence-corrected chi connectivity index (χ1v) is 11.4. The van der Waals surface area contributed by atoms with E-state index in [-0.39, 0.29) is 28.7 Å². The van der Waals surface area contributed by atoms with Gasteiger partial charge in [-0.3, -0.25) is 0 Å². The van der Waals surface area contributed by atoms with E-state index in [1.165, 1.54) is 18.2 Å². The van der Waals surface area contributed by atoms with E-state index >= 15 is 0 Å². The van der Waals surface area contributed by atoms with Crippen molar-refractivity contribution in [2.45, 2.75) is 18.2 Å². The standard InChI is InChI=1S/C23H25N3O5S/c1-5-30-23(27)17-10-13-20(31-18-11-8-16(2)9-12-18)21(15-17)32(28,29)25-22(26(3)4)19-7-6-14-24-19/h6-8,10-15,24H,2,5,9H2,1,3-4H3. The monoisotopic (exact) mass is 455 g/mol. The average molecular weight is 456 g/mol. The first-order chi connectivity index (χ1) is 15.2. The summed E-state index contributed by atoms with van der Waals surface area (Å²) in [5, 5.41) is 0. The number of carbonyl (C=O) groups is 1. The third kappa shape index (κ3) is 5.36. The lowest BCUT2D eigenvalue weighted by atomic mass is 10.1. The maximum Gasteiger partial charge on any atom is 0.338 e. The third-order valence-corrected chi connectivity index (χ3v) is 5.77. The second-order valence-electron chi connectivity index (χ2n) is 7.15. The van der Waals surface area contributed by atoms with Crippen LogP contribution in [-0.4, -0.2) is 50.8 Å². The van der Waals surface area contributed by atoms with Crippen molar-refractivity contribution < 1.29 is 22.7 Å². The van der Waals surface area contributed by atoms with Crippen LogP contribution < -0.4 is 4.74 Å². The van der Waals surface area contributed by atoms with Crippen LogP contribution in [0.15, 0.2) is 82.0 Å². The largest absolute Gasteiger partial charge is 0.462 e. The molecule has 0 fully saturated rings. The molecule has 0 radical (unpaired) electrons. The molecule has 32 heavy (non-hydrogen) atoms. The molecule has 168 valence electrons. The molecule has 0 aliphatic heterocycles. The maximum atomic E-state index is 13.4. The summed E-state index contributed by atoms with van der Waals surface area (Å²) >= 11 is 0. The van der Waals surface area contributed by atoms with Crippen LogP contribution >= 0.6 is 0 Å². The number of aromatic nitrogens is 1. The smallest absolute Gasteiger partial charge is 0.338 e. The van der Waals surface area contributed by atoms with Gasteiger partial charge in [-0.2, -0.15) is 8.42 Å². The molecule has 3 rings (SSSR count). The van der Waals surface area contributed by atoms with Gasteiger partial charge < -0.3 is 19.4 Å². The normalized spacial score (nSPS) is 14.2. The number of rotatable bonds is 7. The summed E-state index contributed by atoms with van der Waals surface area (Å²) in [5.41, 5.74) is 1.52. The van der Waals surface area contributed by atoms with Gasteiger partial charge in [0.25, 0.3) is 10.0 Å². The van der Waals surface area contributed by atoms with Crippen molar-refractivity contribution in [1.29, 1.82) is 0 Å². The zero-order valence-corrected chi connectivity index (χ0v) is 19.0. The van der Waals surface area contributed by atoms with Gasteiger partial charge in [0.15, 0.2) is 5.84 Å². The number of allylic oxidation sites excluding steroid dienone is 4. The molecule has 9 heteroatoms. The number of ether oxygens (including phenoxy) is 2. The average Bonchev–Trinajstić information content (AvgIpc) is 3.28. The molecule has 0 spiro atoms. The molecule has 1 aromatic carbocycles. The Labute approximate surface area is 187 Å². The zero-order valence-electron chi connectivity index (χ0n) is 18.2. The fourth-order valence-corrected chi connectivity index (χ4v) is 4.14. The molecular weight excluding hydrogens is 430 g/mol. The highest BCUT2D eigenvalue weighted by molar-refractivity contribution is 7.90. The summed E-state index contributed by atoms with van der Waals surface area (Å²) in [7, 11) is -0.896. The summed E-state index contributed by atoms with van der Waals surface area (Å²) in [6, 6.07) is 7.56. The predicted octanol–water partition coefficient (Wildman–Crippen LogP) is 3.67. The van der Waals surface area contributed by atoms with Crippen molar-refractivity contribution in [3.8, 4) is 5.75 Å². The molecule has 1 aromatic heterocycles. The number of benzene rings is 1. The maximum absolute atomic E-state index is 13.4. The molecule has 1 aliphatic carbocycles. The van der Waals surface area contributed by atoms with Crippen molar-refractivity contribution in [3.05, 3.63) is 83.9 Å². The molecule has 0 saturated heterocycles. The Morgan fingerprint density at radius 1 is 1.25 bits per heavy atom. The van der Waals surface area contributed by atoms with Crippen LogP contribution in [0.1, 0.15) is 29.4 Å². The van der Waals surface area contributed by atoms with Crippen molar-refractivity contribution in [2.75, 3.05) is 20.7 Å². The highest BCUT2D eigenvalue weighted by Gasteiger charge is 2.25. The topological polar surface area (TPSA) is 101 Å². The minimum Gasteiger partial charge on any atom is -0.462 e. The SMILES string of the molecule is C=C1C=CC(Oc2ccc(C(=O)OCC)cc2S(=O)(=O)N=C(c2ccc[nH]2)N(C)C)=CC1. The first kappa shape index (κ1) is 23.1. The van der Waals surface area contributed by atoms with Gasteiger partial charge in [0.05, 0.1) is 17.9 Å². The van der Waals surface area contributed by atoms with Gasteiger partial charge in [-0.15, -0.1) is 4.40 Å². The second-order valence-corrected chi connectivity index (χ2v) is 8.73. The Morgan fingerprint density at radius 3 is 2.62 bits per heavy atom. The highest BCUT2D eigenvalue weighted by atomic mass is 32.2. The summed E-state index contributed by atoms with van der Waals surface area (Å²) in [4.78, 5) is 16.5. The van der Waals surface area contributed by atoms with E-state index in [1.807, 2.05) is 0 Å². The molecule has 0 saturated carbocycles. The Morgan fingerprint density at radius 2 is 2.03 bits per heavy atom. The van der Waals surface area contributed by atoms with Crippen LogP contribution in [0.3, 0.4) is 0 Å². The number of H-pyrrole nitrogens is 1. The summed E-state index contributed by atoms with van der Waals surface area (Å²) in [6.45, 7) is 5.71. The zero-order chi connectivity index (χ0) is 23.3. The summed E-state index contributed by atoms with van der Waals surface area (Å²) in [5.74, 6) is 0.0917. The number of esters is 1. The lowest BCUT2D eigenvalue weighted by Gasteiger charge is -2.17. The van der Waals surface area contributed by atoms with Crippen molar-refractivity contribution in [3.63, 3.8) is 0 Å². The molecule has 1 aliphatic rings. The van der Waals surface area contributed by atoms with E-state index in [2.05, 4.69) is 16.0 Å². The number of amidine groups is 1. The quantitative estimate of drug-likeness (QED) is 0.388. The minimum absolute atomic E-state index is 0.0507. The van der Waals surface area contributed by atoms with E-state index in [4.69, 9.17) is 9.47 Å². The number of carbonyl (C=O) groups excluding carboxylic acids is 1. The first-order valence-electron chi connectivity index (χ1n) is 9.92. The Hall–Kier alpha value is -3.59. The molecule has 8 nitrogen and oxygen atoms in total. The number of aromatic amines is 1. The molecule has 0 atom stereocenters. The third-order valence-electron chi connectivity index (χ3n) is 4.48. The minimum atomic E-state index is -4.27. The highest BCUT2D eigenvalue weighted by Crippen LogP contribution is 2.30. The van der Waals surface area contributed by atoms with Crippen LogP contribution in [0.5, 0.6) is 5.75 Å². The van der Waals surface area contributed by atoms with Crippen LogP contribution in [0.4, 0.5) is 0 Å². The fraction of sp³-hybridized carbons (Fsp3) is 0.217. The van der Waals surface area contributed by atoms with Crippen LogP contribution in [0.25, 0.3) is 0 Å². The number of nitrogens with one attached hydrogen (secondary N) is 1. The lowest BCUT2D eigenvalue weighted by Crippen LogP contribution is -2.25. The van der Waals surface area contributed by atoms with Gasteiger partial charge in [0.1, 0.15) is 16.4 Å². The van der Waals surface area contributed by atoms with Crippen molar-refractivity contribution >= 4 is 21.8 Å². The number of hydrogen-bond donors (Lipinski definition) is 1. The van der Waals surface area contributed by atoms with Crippen molar-refractivity contribution in [2.24, 2.45) is 4.40 Å². The molecule has 0 amide bonds. The van der Waals surface area contributed by atoms with E-state index < -0.39 is 16.0 Å². The Bertz CT molecular complexity index is 1210. The van der Waals surface area contributed by atoms with E-state index in [0.29, 0.717) is 17.9 Å². The van der Waals surface area contributed by atoms with Gasteiger partial charge >= 0.3 is 5.97 Å². The molecule has 0 bridgehead atoms. The summed E-state index contributed by atoms with van der Waals surface area (Å²) < 4.78 is 41.7. The lowest BCUT2D eigenvalue weighted by molar-refractivity contribution is 0.0526. The van der Waals surface area contributed by atoms with E-state index in [9.17, 15) is 13.2 Å². The number of sulfonamides is 1. The van der Waals surface area contributed by atoms with Gasteiger partial charge in [-0.25, -0.2) is 4.79 Å². The molecule has 0 unspecified atom stereocenters. The van der Waals surface area contributed by atoms with E-state index in [1.54, 1.807) is 62.5 Å². The van der Waals surface area contributed by atoms with Crippen molar-refractivity contribution in [1.82, 2.24) is 9.88 Å². The molecular formula is C23H25N3O5S. The summed E-state index contributed by atoms with van der Waals surface area (Å²) in [6.07, 6.45) is 7.56. The molecule has 1 N–H and O–H groups in total. The van der Waals surface area contributed by atoms with Crippen LogP contribution in [0, 0.1) is 0 Å². The fourth-order valence-electron chi connectivity index (χ4n) is 2.91. The van der Waals surface area contributed by atoms with Gasteiger partial charge in [0.2, 0.25) is 0 Å². The Balaban J connectivity index is 2.10. The number of nitrogens with zero attached hydrogens (tertiary/aromatic N) is 2. The predicted molar refractivity (Wildman–Crippen MR) is 122 cm³/mol. The Kier molecular flexibility index (Phi) is 6.99. The van der Waals surface area contributed by atoms with Crippen LogP contribution in [0.2, 0.25) is 0 Å². The molecule has 1 heterocycles. The van der Waals surface area contributed by atoms with Gasteiger partial charge in [0, 0.05) is 20.3 Å².